The lowest BCUT2D eigenvalue weighted by molar-refractivity contribution is -0.155. The topological polar surface area (TPSA) is 63.6 Å². The summed E-state index contributed by atoms with van der Waals surface area (Å²) in [6.45, 7) is 3.53. The number of fused-ring (bicyclic) bond motifs is 5. The molecule has 0 spiro atoms. The van der Waals surface area contributed by atoms with Gasteiger partial charge in [-0.1, -0.05) is 18.5 Å². The van der Waals surface area contributed by atoms with Gasteiger partial charge in [0.15, 0.2) is 0 Å². The Morgan fingerprint density at radius 1 is 1.36 bits per heavy atom. The molecule has 4 nitrogen and oxygen atoms in total. The molecule has 0 saturated heterocycles. The van der Waals surface area contributed by atoms with Gasteiger partial charge in [0.05, 0.1) is 5.02 Å². The lowest BCUT2D eigenvalue weighted by atomic mass is 9.55. The van der Waals surface area contributed by atoms with Crippen molar-refractivity contribution in [3.8, 4) is 5.75 Å². The van der Waals surface area contributed by atoms with Crippen LogP contribution < -0.4 is 0 Å². The van der Waals surface area contributed by atoms with Crippen LogP contribution in [0.5, 0.6) is 5.75 Å². The fraction of sp³-hybridized carbons (Fsp3) is 0.600. The van der Waals surface area contributed by atoms with Crippen LogP contribution in [0.2, 0.25) is 5.02 Å². The van der Waals surface area contributed by atoms with Crippen molar-refractivity contribution in [3.05, 3.63) is 28.3 Å². The number of Topliss-reactive ketones (excluding diaryl/α,β-unsaturated/α-hetero) is 1. The summed E-state index contributed by atoms with van der Waals surface area (Å²) in [6, 6.07) is 3.57. The second kappa shape index (κ2) is 5.73. The summed E-state index contributed by atoms with van der Waals surface area (Å²) in [5.41, 5.74) is 1.86. The number of aromatic hydroxyl groups is 1. The predicted molar refractivity (Wildman–Crippen MR) is 93.7 cm³/mol. The first-order chi connectivity index (χ1) is 11.8. The average molecular weight is 363 g/mol. The number of hydrogen-bond donors (Lipinski definition) is 1. The van der Waals surface area contributed by atoms with E-state index >= 15 is 0 Å². The number of rotatable bonds is 1. The van der Waals surface area contributed by atoms with Crippen molar-refractivity contribution in [2.24, 2.45) is 17.3 Å². The lowest BCUT2D eigenvalue weighted by Crippen LogP contribution is -2.49. The number of carbonyl (C=O) groups is 2. The van der Waals surface area contributed by atoms with Crippen molar-refractivity contribution in [1.29, 1.82) is 0 Å². The molecule has 3 aliphatic rings. The van der Waals surface area contributed by atoms with Crippen LogP contribution in [0.3, 0.4) is 0 Å². The van der Waals surface area contributed by atoms with Crippen molar-refractivity contribution < 1.29 is 19.4 Å². The van der Waals surface area contributed by atoms with Crippen LogP contribution in [-0.2, 0) is 20.7 Å². The van der Waals surface area contributed by atoms with E-state index in [2.05, 4.69) is 6.92 Å². The second-order valence-corrected chi connectivity index (χ2v) is 8.47. The molecule has 0 heterocycles. The minimum Gasteiger partial charge on any atom is -0.506 e. The van der Waals surface area contributed by atoms with Gasteiger partial charge < -0.3 is 9.84 Å². The molecule has 0 aromatic heterocycles. The summed E-state index contributed by atoms with van der Waals surface area (Å²) in [5, 5.41) is 10.3. The van der Waals surface area contributed by atoms with E-state index in [-0.39, 0.29) is 41.0 Å². The zero-order valence-corrected chi connectivity index (χ0v) is 15.3. The van der Waals surface area contributed by atoms with Gasteiger partial charge in [-0.15, -0.1) is 0 Å². The molecule has 134 valence electrons. The number of halogens is 1. The van der Waals surface area contributed by atoms with Crippen molar-refractivity contribution in [2.75, 3.05) is 0 Å². The van der Waals surface area contributed by atoms with E-state index in [1.165, 1.54) is 6.92 Å². The number of benzene rings is 1. The summed E-state index contributed by atoms with van der Waals surface area (Å²) in [5.74, 6) is 0.729. The molecule has 1 aromatic rings. The van der Waals surface area contributed by atoms with Crippen LogP contribution >= 0.6 is 11.6 Å². The highest BCUT2D eigenvalue weighted by molar-refractivity contribution is 6.32. The molecule has 3 aliphatic carbocycles. The molecule has 5 atom stereocenters. The number of esters is 1. The van der Waals surface area contributed by atoms with E-state index in [1.807, 2.05) is 6.07 Å². The smallest absolute Gasteiger partial charge is 0.302 e. The van der Waals surface area contributed by atoms with Gasteiger partial charge in [0.25, 0.3) is 0 Å². The van der Waals surface area contributed by atoms with Gasteiger partial charge in [-0.25, -0.2) is 0 Å². The standard InChI is InChI=1S/C20H23ClO4/c1-10(22)25-17-8-11-7-16(23)15(21)9-13(11)12-5-6-20(2)14(19(12)17)3-4-18(20)24/h7,9,12,14,17,19,23H,3-6,8H2,1-2H3/t12?,14?,17?,19?,20-/m0/s1. The third-order valence-corrected chi connectivity index (χ3v) is 7.12. The molecule has 5 heteroatoms. The molecular formula is C20H23ClO4. The second-order valence-electron chi connectivity index (χ2n) is 8.06. The number of ether oxygens (including phenoxy) is 1. The van der Waals surface area contributed by atoms with Crippen LogP contribution in [0, 0.1) is 17.3 Å². The van der Waals surface area contributed by atoms with Crippen molar-refractivity contribution in [2.45, 2.75) is 58.0 Å². The van der Waals surface area contributed by atoms with Crippen LogP contribution in [0.1, 0.15) is 56.6 Å². The molecule has 4 rings (SSSR count). The third kappa shape index (κ3) is 2.49. The Morgan fingerprint density at radius 2 is 2.12 bits per heavy atom. The summed E-state index contributed by atoms with van der Waals surface area (Å²) in [6.07, 6.45) is 3.57. The maximum atomic E-state index is 12.5. The van der Waals surface area contributed by atoms with Gasteiger partial charge >= 0.3 is 5.97 Å². The highest BCUT2D eigenvalue weighted by atomic mass is 35.5. The molecule has 1 aromatic carbocycles. The van der Waals surface area contributed by atoms with Crippen molar-refractivity contribution in [1.82, 2.24) is 0 Å². The monoisotopic (exact) mass is 362 g/mol. The van der Waals surface area contributed by atoms with Gasteiger partial charge in [-0.05, 0) is 54.4 Å². The minimum atomic E-state index is -0.294. The number of hydrogen-bond acceptors (Lipinski definition) is 4. The summed E-state index contributed by atoms with van der Waals surface area (Å²) in [7, 11) is 0. The Balaban J connectivity index is 1.81. The van der Waals surface area contributed by atoms with Crippen molar-refractivity contribution >= 4 is 23.4 Å². The largest absolute Gasteiger partial charge is 0.506 e. The third-order valence-electron chi connectivity index (χ3n) is 6.82. The lowest BCUT2D eigenvalue weighted by Gasteiger charge is -2.50. The van der Waals surface area contributed by atoms with Gasteiger partial charge in [0.1, 0.15) is 17.6 Å². The SMILES string of the molecule is CC(=O)OC1Cc2cc(O)c(Cl)cc2C2CC[C@]3(C)C(=O)CCC3C12. The van der Waals surface area contributed by atoms with Gasteiger partial charge in [-0.2, -0.15) is 0 Å². The first kappa shape index (κ1) is 16.9. The zero-order valence-electron chi connectivity index (χ0n) is 14.5. The Hall–Kier alpha value is -1.55. The molecule has 2 fully saturated rings. The van der Waals surface area contributed by atoms with Crippen LogP contribution in [0.25, 0.3) is 0 Å². The zero-order chi connectivity index (χ0) is 17.9. The maximum Gasteiger partial charge on any atom is 0.302 e. The fourth-order valence-corrected chi connectivity index (χ4v) is 5.85. The van der Waals surface area contributed by atoms with Crippen molar-refractivity contribution in [3.63, 3.8) is 0 Å². The quantitative estimate of drug-likeness (QED) is 0.766. The molecule has 25 heavy (non-hydrogen) atoms. The van der Waals surface area contributed by atoms with E-state index in [9.17, 15) is 14.7 Å². The first-order valence-corrected chi connectivity index (χ1v) is 9.41. The number of ketones is 1. The summed E-state index contributed by atoms with van der Waals surface area (Å²) < 4.78 is 5.71. The van der Waals surface area contributed by atoms with Crippen LogP contribution in [0.15, 0.2) is 12.1 Å². The Morgan fingerprint density at radius 3 is 2.84 bits per heavy atom. The average Bonchev–Trinajstić information content (AvgIpc) is 2.84. The van der Waals surface area contributed by atoms with Gasteiger partial charge in [0.2, 0.25) is 0 Å². The molecule has 4 unspecified atom stereocenters. The summed E-state index contributed by atoms with van der Waals surface area (Å²) >= 11 is 6.17. The normalized spacial score (nSPS) is 36.4. The van der Waals surface area contributed by atoms with E-state index in [0.29, 0.717) is 23.6 Å². The molecule has 0 radical (unpaired) electrons. The Kier molecular flexibility index (Phi) is 3.87. The molecule has 0 aliphatic heterocycles. The van der Waals surface area contributed by atoms with Crippen LogP contribution in [0.4, 0.5) is 0 Å². The minimum absolute atomic E-state index is 0.0668. The van der Waals surface area contributed by atoms with Gasteiger partial charge in [0, 0.05) is 31.1 Å². The predicted octanol–water partition coefficient (Wildman–Crippen LogP) is 4.01. The van der Waals surface area contributed by atoms with E-state index < -0.39 is 0 Å². The number of carbonyl (C=O) groups excluding carboxylic acids is 2. The first-order valence-electron chi connectivity index (χ1n) is 9.03. The number of phenolic OH excluding ortho intramolecular Hbond substituents is 1. The van der Waals surface area contributed by atoms with E-state index in [4.69, 9.17) is 16.3 Å². The highest BCUT2D eigenvalue weighted by Crippen LogP contribution is 2.60. The van der Waals surface area contributed by atoms with E-state index in [0.717, 1.165) is 30.4 Å². The fourth-order valence-electron chi connectivity index (χ4n) is 5.68. The molecule has 0 bridgehead atoms. The summed E-state index contributed by atoms with van der Waals surface area (Å²) in [4.78, 5) is 24.2. The molecule has 0 amide bonds. The molecular weight excluding hydrogens is 340 g/mol. The maximum absolute atomic E-state index is 12.5. The van der Waals surface area contributed by atoms with Gasteiger partial charge in [-0.3, -0.25) is 9.59 Å². The molecule has 2 saturated carbocycles. The Labute approximate surface area is 152 Å². The van der Waals surface area contributed by atoms with Crippen LogP contribution in [-0.4, -0.2) is 23.0 Å². The highest BCUT2D eigenvalue weighted by Gasteiger charge is 2.57. The Bertz CT molecular complexity index is 758. The number of phenols is 1. The molecule has 1 N–H and O–H groups in total. The van der Waals surface area contributed by atoms with E-state index in [1.54, 1.807) is 6.07 Å².